The third-order valence-electron chi connectivity index (χ3n) is 12.7. The molecule has 4 amide bonds. The average Bonchev–Trinajstić information content (AvgIpc) is 3.85. The van der Waals surface area contributed by atoms with Crippen LogP contribution in [0, 0.1) is 36.0 Å². The maximum absolute atomic E-state index is 15.2. The second-order valence-electron chi connectivity index (χ2n) is 15.7. The van der Waals surface area contributed by atoms with Crippen molar-refractivity contribution in [3.05, 3.63) is 99.0 Å². The summed E-state index contributed by atoms with van der Waals surface area (Å²) in [6.45, 7) is 3.96. The highest BCUT2D eigenvalue weighted by Gasteiger charge is 2.68. The predicted octanol–water partition coefficient (Wildman–Crippen LogP) is 7.81. The molecule has 0 spiro atoms. The first-order chi connectivity index (χ1) is 27.2. The molecule has 9 rings (SSSR count). The molecule has 6 atom stereocenters. The molecule has 2 aliphatic heterocycles. The number of imide groups is 2. The smallest absolute Gasteiger partial charge is 0.242 e. The van der Waals surface area contributed by atoms with Crippen molar-refractivity contribution >= 4 is 74.1 Å². The first kappa shape index (κ1) is 37.4. The van der Waals surface area contributed by atoms with E-state index in [0.29, 0.717) is 28.5 Å². The fraction of sp³-hybridized carbons (Fsp3) is 0.326. The summed E-state index contributed by atoms with van der Waals surface area (Å²) in [6.07, 6.45) is 2.85. The Balaban J connectivity index is 1.12. The van der Waals surface area contributed by atoms with Gasteiger partial charge in [-0.3, -0.25) is 28.8 Å². The molecule has 3 aromatic carbocycles. The number of carbonyl (C=O) groups excluding carboxylic acids is 4. The highest BCUT2D eigenvalue weighted by atomic mass is 35.5. The van der Waals surface area contributed by atoms with Crippen molar-refractivity contribution in [2.45, 2.75) is 39.0 Å². The molecule has 2 saturated heterocycles. The number of rotatable bonds is 7. The molecule has 2 aliphatic carbocycles. The highest BCUT2D eigenvalue weighted by Crippen LogP contribution is 2.64. The first-order valence-corrected chi connectivity index (χ1v) is 20.3. The monoisotopic (exact) mass is 824 g/mol. The van der Waals surface area contributed by atoms with E-state index in [0.717, 1.165) is 31.7 Å². The molecule has 4 heterocycles. The summed E-state index contributed by atoms with van der Waals surface area (Å²) < 4.78 is 8.08. The SMILES string of the molecule is COc1cc([C@H]2C3=CC[C@@H]4C(=O)N(CCc5ccc(O)cc5)C(=O)[C@@H]4[C@@H]3C[C@H]3C(=O)N(c4cc(-c5sc6ccc(Cl)cc6c5C)nn4C)C(=O)[C@@]23C)cc(Cl)c1O. The topological polar surface area (TPSA) is 142 Å². The van der Waals surface area contributed by atoms with Crippen LogP contribution < -0.4 is 9.64 Å². The third-order valence-corrected chi connectivity index (χ3v) is 14.6. The number of anilines is 1. The molecule has 0 bridgehead atoms. The highest BCUT2D eigenvalue weighted by molar-refractivity contribution is 7.22. The number of phenolic OH excluding ortho intramolecular Hbond substituents is 2. The van der Waals surface area contributed by atoms with Crippen LogP contribution >= 0.6 is 34.5 Å². The lowest BCUT2D eigenvalue weighted by Gasteiger charge is -2.49. The zero-order valence-corrected chi connectivity index (χ0v) is 33.8. The number of thiophene rings is 1. The number of benzene rings is 3. The summed E-state index contributed by atoms with van der Waals surface area (Å²) >= 11 is 14.5. The van der Waals surface area contributed by atoms with Crippen molar-refractivity contribution in [3.8, 4) is 27.8 Å². The summed E-state index contributed by atoms with van der Waals surface area (Å²) in [5.41, 5.74) is 2.44. The lowest BCUT2D eigenvalue weighted by molar-refractivity contribution is -0.140. The minimum Gasteiger partial charge on any atom is -0.508 e. The van der Waals surface area contributed by atoms with Gasteiger partial charge in [-0.2, -0.15) is 5.10 Å². The standard InChI is InChI=1S/C43H38Cl2N4O7S/c1-20-27-17-23(44)7-12-33(27)57-38(20)31-19-34(47(3)46-31)49-40(53)29-18-28-25(36(43(29,2)42(49)55)22-15-30(45)37(51)32(16-22)56-4)10-11-26-35(28)41(54)48(39(26)52)14-13-21-5-8-24(50)9-6-21/h5-10,12,15-17,19,26,28-29,35-36,50-51H,11,13-14,18H2,1-4H3/t26-,28+,29-,35-,36-,43+/m0/s1. The fourth-order valence-electron chi connectivity index (χ4n) is 9.93. The number of phenols is 2. The number of ether oxygens (including phenoxy) is 1. The summed E-state index contributed by atoms with van der Waals surface area (Å²) in [7, 11) is 3.11. The maximum Gasteiger partial charge on any atom is 0.242 e. The van der Waals surface area contributed by atoms with Crippen LogP contribution in [0.15, 0.2) is 72.3 Å². The molecule has 5 aromatic rings. The Bertz CT molecular complexity index is 2600. The number of nitrogens with zero attached hydrogens (tertiary/aromatic N) is 4. The van der Waals surface area contributed by atoms with Gasteiger partial charge in [-0.25, -0.2) is 4.90 Å². The average molecular weight is 826 g/mol. The van der Waals surface area contributed by atoms with E-state index < -0.39 is 46.8 Å². The number of likely N-dealkylation sites (tertiary alicyclic amines) is 1. The van der Waals surface area contributed by atoms with E-state index in [9.17, 15) is 24.6 Å². The second-order valence-corrected chi connectivity index (χ2v) is 17.6. The number of aromatic hydroxyl groups is 2. The van der Waals surface area contributed by atoms with E-state index in [1.165, 1.54) is 16.9 Å². The van der Waals surface area contributed by atoms with Gasteiger partial charge in [-0.15, -0.1) is 11.3 Å². The van der Waals surface area contributed by atoms with Crippen LogP contribution in [0.2, 0.25) is 10.0 Å². The first-order valence-electron chi connectivity index (χ1n) is 18.7. The lowest BCUT2D eigenvalue weighted by atomic mass is 9.51. The van der Waals surface area contributed by atoms with Crippen LogP contribution in [-0.4, -0.2) is 62.2 Å². The summed E-state index contributed by atoms with van der Waals surface area (Å²) in [6, 6.07) is 17.4. The van der Waals surface area contributed by atoms with E-state index in [1.54, 1.807) is 72.5 Å². The Morgan fingerprint density at radius 2 is 1.72 bits per heavy atom. The molecule has 3 fully saturated rings. The van der Waals surface area contributed by atoms with Crippen LogP contribution in [0.25, 0.3) is 20.7 Å². The largest absolute Gasteiger partial charge is 0.508 e. The van der Waals surface area contributed by atoms with E-state index in [2.05, 4.69) is 0 Å². The predicted molar refractivity (Wildman–Crippen MR) is 217 cm³/mol. The Morgan fingerprint density at radius 1 is 0.965 bits per heavy atom. The van der Waals surface area contributed by atoms with Gasteiger partial charge in [0, 0.05) is 35.3 Å². The van der Waals surface area contributed by atoms with Crippen molar-refractivity contribution in [3.63, 3.8) is 0 Å². The van der Waals surface area contributed by atoms with Gasteiger partial charge in [0.15, 0.2) is 11.5 Å². The summed E-state index contributed by atoms with van der Waals surface area (Å²) in [4.78, 5) is 61.9. The second kappa shape index (κ2) is 13.5. The Labute approximate surface area is 342 Å². The number of hydrogen-bond acceptors (Lipinski definition) is 9. The van der Waals surface area contributed by atoms with Gasteiger partial charge >= 0.3 is 0 Å². The summed E-state index contributed by atoms with van der Waals surface area (Å²) in [5, 5.41) is 26.9. The van der Waals surface area contributed by atoms with Crippen LogP contribution in [-0.2, 0) is 32.6 Å². The molecule has 0 radical (unpaired) electrons. The molecule has 4 aliphatic rings. The van der Waals surface area contributed by atoms with Crippen molar-refractivity contribution in [1.82, 2.24) is 14.7 Å². The number of allylic oxidation sites excluding steroid dienone is 2. The van der Waals surface area contributed by atoms with Crippen molar-refractivity contribution in [1.29, 1.82) is 0 Å². The fourth-order valence-corrected chi connectivity index (χ4v) is 11.5. The van der Waals surface area contributed by atoms with Gasteiger partial charge in [0.25, 0.3) is 0 Å². The molecule has 292 valence electrons. The number of fused-ring (bicyclic) bond motifs is 5. The van der Waals surface area contributed by atoms with E-state index in [1.807, 2.05) is 31.2 Å². The Morgan fingerprint density at radius 3 is 2.46 bits per heavy atom. The van der Waals surface area contributed by atoms with Crippen LogP contribution in [0.4, 0.5) is 5.82 Å². The Kier molecular flexibility index (Phi) is 8.83. The van der Waals surface area contributed by atoms with Crippen molar-refractivity contribution in [2.24, 2.45) is 36.1 Å². The number of aryl methyl sites for hydroxylation is 2. The number of aromatic nitrogens is 2. The maximum atomic E-state index is 15.2. The molecule has 11 nitrogen and oxygen atoms in total. The van der Waals surface area contributed by atoms with Gasteiger partial charge in [0.05, 0.1) is 40.2 Å². The third kappa shape index (κ3) is 5.55. The molecule has 14 heteroatoms. The van der Waals surface area contributed by atoms with E-state index in [-0.39, 0.29) is 53.5 Å². The molecule has 57 heavy (non-hydrogen) atoms. The normalized spacial score (nSPS) is 25.6. The molecular formula is C43H38Cl2N4O7S. The molecule has 2 aromatic heterocycles. The zero-order valence-electron chi connectivity index (χ0n) is 31.5. The molecular weight excluding hydrogens is 787 g/mol. The van der Waals surface area contributed by atoms with Crippen LogP contribution in [0.5, 0.6) is 17.2 Å². The van der Waals surface area contributed by atoms with E-state index in [4.69, 9.17) is 33.0 Å². The number of amides is 4. The minimum atomic E-state index is -1.35. The number of carbonyl (C=O) groups is 4. The quantitative estimate of drug-likeness (QED) is 0.125. The van der Waals surface area contributed by atoms with Gasteiger partial charge in [0.2, 0.25) is 23.6 Å². The van der Waals surface area contributed by atoms with Gasteiger partial charge in [-0.1, -0.05) is 47.0 Å². The van der Waals surface area contributed by atoms with Gasteiger partial charge < -0.3 is 14.9 Å². The van der Waals surface area contributed by atoms with Gasteiger partial charge in [-0.05, 0) is 104 Å². The number of methoxy groups -OCH3 is 1. The molecule has 1 saturated carbocycles. The Hall–Kier alpha value is -5.17. The van der Waals surface area contributed by atoms with Crippen molar-refractivity contribution in [2.75, 3.05) is 18.6 Å². The van der Waals surface area contributed by atoms with Crippen LogP contribution in [0.3, 0.4) is 0 Å². The van der Waals surface area contributed by atoms with Crippen LogP contribution in [0.1, 0.15) is 42.4 Å². The van der Waals surface area contributed by atoms with E-state index >= 15 is 4.79 Å². The lowest BCUT2D eigenvalue weighted by Crippen LogP contribution is -2.49. The molecule has 0 unspecified atom stereocenters. The number of hydrogen-bond donors (Lipinski definition) is 2. The number of halogens is 2. The van der Waals surface area contributed by atoms with Crippen molar-refractivity contribution < 1.29 is 34.1 Å². The summed E-state index contributed by atoms with van der Waals surface area (Å²) in [5.74, 6) is -4.63. The van der Waals surface area contributed by atoms with Gasteiger partial charge in [0.1, 0.15) is 17.3 Å². The minimum absolute atomic E-state index is 0.0123. The molecule has 2 N–H and O–H groups in total. The zero-order chi connectivity index (χ0) is 40.2.